The van der Waals surface area contributed by atoms with Crippen molar-refractivity contribution in [3.05, 3.63) is 28.4 Å². The fourth-order valence-electron chi connectivity index (χ4n) is 2.13. The van der Waals surface area contributed by atoms with Crippen LogP contribution in [0.2, 0.25) is 0 Å². The van der Waals surface area contributed by atoms with E-state index in [0.29, 0.717) is 17.1 Å². The Morgan fingerprint density at radius 2 is 2.41 bits per heavy atom. The molecule has 3 heterocycles. The third-order valence-corrected chi connectivity index (χ3v) is 3.13. The van der Waals surface area contributed by atoms with Crippen LogP contribution in [-0.2, 0) is 11.3 Å². The van der Waals surface area contributed by atoms with Crippen LogP contribution in [0.3, 0.4) is 0 Å². The first-order chi connectivity index (χ1) is 8.26. The molecule has 0 aromatic carbocycles. The zero-order chi connectivity index (χ0) is 11.8. The number of hydrogen-bond donors (Lipinski definition) is 2. The Morgan fingerprint density at radius 3 is 3.12 bits per heavy atom. The molecule has 1 saturated heterocycles. The molecule has 0 unspecified atom stereocenters. The summed E-state index contributed by atoms with van der Waals surface area (Å²) in [5, 5.41) is 0. The summed E-state index contributed by atoms with van der Waals surface area (Å²) in [6, 6.07) is 1.92. The lowest BCUT2D eigenvalue weighted by atomic mass is 10.1. The van der Waals surface area contributed by atoms with E-state index in [1.165, 1.54) is 6.33 Å². The van der Waals surface area contributed by atoms with E-state index < -0.39 is 0 Å². The summed E-state index contributed by atoms with van der Waals surface area (Å²) >= 11 is 0. The molecular formula is C11H14N4O2. The standard InChI is InChI=1S/C11H14N4O2/c1-17-8-4-15(5-8)3-7-2-9-10(14-7)11(16)13-6-12-9/h2,6,8,14H,3-5H2,1H3,(H,12,13,16). The molecule has 3 rings (SSSR count). The lowest BCUT2D eigenvalue weighted by molar-refractivity contribution is -0.0338. The highest BCUT2D eigenvalue weighted by Crippen LogP contribution is 2.16. The molecule has 6 heteroatoms. The average Bonchev–Trinajstić information content (AvgIpc) is 2.67. The molecule has 17 heavy (non-hydrogen) atoms. The number of nitrogens with zero attached hydrogens (tertiary/aromatic N) is 2. The first-order valence-electron chi connectivity index (χ1n) is 5.56. The van der Waals surface area contributed by atoms with Crippen LogP contribution in [0.4, 0.5) is 0 Å². The van der Waals surface area contributed by atoms with Gasteiger partial charge in [-0.1, -0.05) is 0 Å². The van der Waals surface area contributed by atoms with E-state index in [1.54, 1.807) is 7.11 Å². The second kappa shape index (κ2) is 3.97. The molecule has 0 amide bonds. The van der Waals surface area contributed by atoms with Gasteiger partial charge in [0.25, 0.3) is 5.56 Å². The lowest BCUT2D eigenvalue weighted by Gasteiger charge is -2.37. The largest absolute Gasteiger partial charge is 0.379 e. The molecule has 0 radical (unpaired) electrons. The van der Waals surface area contributed by atoms with Gasteiger partial charge >= 0.3 is 0 Å². The van der Waals surface area contributed by atoms with Gasteiger partial charge in [0.05, 0.1) is 17.9 Å². The number of hydrogen-bond acceptors (Lipinski definition) is 4. The lowest BCUT2D eigenvalue weighted by Crippen LogP contribution is -2.50. The van der Waals surface area contributed by atoms with E-state index in [9.17, 15) is 4.79 Å². The predicted octanol–water partition coefficient (Wildman–Crippen LogP) is 0.0818. The minimum atomic E-state index is -0.125. The number of nitrogens with one attached hydrogen (secondary N) is 2. The van der Waals surface area contributed by atoms with Gasteiger partial charge in [0.15, 0.2) is 0 Å². The number of fused-ring (bicyclic) bond motifs is 1. The molecule has 2 aromatic heterocycles. The average molecular weight is 234 g/mol. The van der Waals surface area contributed by atoms with E-state index >= 15 is 0 Å². The van der Waals surface area contributed by atoms with Crippen molar-refractivity contribution in [1.82, 2.24) is 19.9 Å². The Morgan fingerprint density at radius 1 is 1.59 bits per heavy atom. The molecule has 2 N–H and O–H groups in total. The van der Waals surface area contributed by atoms with Crippen LogP contribution < -0.4 is 5.56 Å². The van der Waals surface area contributed by atoms with E-state index in [-0.39, 0.29) is 5.56 Å². The minimum absolute atomic E-state index is 0.125. The number of aromatic nitrogens is 3. The van der Waals surface area contributed by atoms with Crippen molar-refractivity contribution in [3.8, 4) is 0 Å². The Kier molecular flexibility index (Phi) is 2.45. The summed E-state index contributed by atoms with van der Waals surface area (Å²) < 4.78 is 5.21. The Balaban J connectivity index is 1.78. The molecule has 0 spiro atoms. The van der Waals surface area contributed by atoms with E-state index in [0.717, 1.165) is 25.3 Å². The zero-order valence-corrected chi connectivity index (χ0v) is 9.56. The fourth-order valence-corrected chi connectivity index (χ4v) is 2.13. The highest BCUT2D eigenvalue weighted by molar-refractivity contribution is 5.74. The van der Waals surface area contributed by atoms with E-state index in [2.05, 4.69) is 19.9 Å². The molecule has 0 saturated carbocycles. The van der Waals surface area contributed by atoms with Crippen LogP contribution >= 0.6 is 0 Å². The Hall–Kier alpha value is -1.66. The maximum absolute atomic E-state index is 11.5. The van der Waals surface area contributed by atoms with Crippen molar-refractivity contribution < 1.29 is 4.74 Å². The molecule has 1 aliphatic heterocycles. The maximum Gasteiger partial charge on any atom is 0.275 e. The van der Waals surface area contributed by atoms with Gasteiger partial charge in [-0.05, 0) is 6.07 Å². The predicted molar refractivity (Wildman–Crippen MR) is 62.8 cm³/mol. The van der Waals surface area contributed by atoms with Crippen LogP contribution in [0, 0.1) is 0 Å². The number of rotatable bonds is 3. The minimum Gasteiger partial charge on any atom is -0.379 e. The van der Waals surface area contributed by atoms with Crippen molar-refractivity contribution >= 4 is 11.0 Å². The molecule has 0 aliphatic carbocycles. The topological polar surface area (TPSA) is 74.0 Å². The molecule has 2 aromatic rings. The van der Waals surface area contributed by atoms with Crippen molar-refractivity contribution in [1.29, 1.82) is 0 Å². The van der Waals surface area contributed by atoms with Crippen LogP contribution in [0.5, 0.6) is 0 Å². The molecule has 1 aliphatic rings. The summed E-state index contributed by atoms with van der Waals surface area (Å²) in [5.41, 5.74) is 2.15. The highest BCUT2D eigenvalue weighted by atomic mass is 16.5. The van der Waals surface area contributed by atoms with Crippen LogP contribution in [-0.4, -0.2) is 46.2 Å². The van der Waals surface area contributed by atoms with E-state index in [1.807, 2.05) is 6.07 Å². The van der Waals surface area contributed by atoms with Crippen LogP contribution in [0.15, 0.2) is 17.2 Å². The molecule has 90 valence electrons. The van der Waals surface area contributed by atoms with E-state index in [4.69, 9.17) is 4.74 Å². The van der Waals surface area contributed by atoms with Gasteiger partial charge in [-0.15, -0.1) is 0 Å². The zero-order valence-electron chi connectivity index (χ0n) is 9.56. The first-order valence-corrected chi connectivity index (χ1v) is 5.56. The summed E-state index contributed by atoms with van der Waals surface area (Å²) in [6.07, 6.45) is 1.77. The summed E-state index contributed by atoms with van der Waals surface area (Å²) in [7, 11) is 1.73. The first kappa shape index (κ1) is 10.5. The maximum atomic E-state index is 11.5. The van der Waals surface area contributed by atoms with Gasteiger partial charge in [-0.2, -0.15) is 0 Å². The van der Waals surface area contributed by atoms with Gasteiger partial charge < -0.3 is 14.7 Å². The van der Waals surface area contributed by atoms with Gasteiger partial charge in [0.2, 0.25) is 0 Å². The Labute approximate surface area is 97.6 Å². The Bertz CT molecular complexity index is 582. The second-order valence-corrected chi connectivity index (χ2v) is 4.34. The van der Waals surface area contributed by atoms with Crippen molar-refractivity contribution in [3.63, 3.8) is 0 Å². The highest BCUT2D eigenvalue weighted by Gasteiger charge is 2.26. The van der Waals surface area contributed by atoms with Crippen LogP contribution in [0.25, 0.3) is 11.0 Å². The molecular weight excluding hydrogens is 220 g/mol. The number of H-pyrrole nitrogens is 2. The fraction of sp³-hybridized carbons (Fsp3) is 0.455. The van der Waals surface area contributed by atoms with Crippen LogP contribution in [0.1, 0.15) is 5.69 Å². The molecule has 1 fully saturated rings. The second-order valence-electron chi connectivity index (χ2n) is 4.34. The summed E-state index contributed by atoms with van der Waals surface area (Å²) in [4.78, 5) is 23.5. The number of likely N-dealkylation sites (tertiary alicyclic amines) is 1. The van der Waals surface area contributed by atoms with Crippen molar-refractivity contribution in [2.24, 2.45) is 0 Å². The third-order valence-electron chi connectivity index (χ3n) is 3.13. The normalized spacial score (nSPS) is 17.5. The summed E-state index contributed by atoms with van der Waals surface area (Å²) in [6.45, 7) is 2.68. The smallest absolute Gasteiger partial charge is 0.275 e. The van der Waals surface area contributed by atoms with Gasteiger partial charge in [0.1, 0.15) is 5.52 Å². The molecule has 0 atom stereocenters. The summed E-state index contributed by atoms with van der Waals surface area (Å²) in [5.74, 6) is 0. The van der Waals surface area contributed by atoms with Crippen molar-refractivity contribution in [2.75, 3.05) is 20.2 Å². The van der Waals surface area contributed by atoms with Gasteiger partial charge in [-0.3, -0.25) is 9.69 Å². The van der Waals surface area contributed by atoms with Gasteiger partial charge in [0, 0.05) is 32.4 Å². The van der Waals surface area contributed by atoms with Gasteiger partial charge in [-0.25, -0.2) is 4.98 Å². The molecule has 6 nitrogen and oxygen atoms in total. The SMILES string of the molecule is COC1CN(Cc2cc3nc[nH]c(=O)c3[nH]2)C1. The third kappa shape index (κ3) is 1.85. The van der Waals surface area contributed by atoms with Crippen molar-refractivity contribution in [2.45, 2.75) is 12.6 Å². The number of methoxy groups -OCH3 is 1. The number of ether oxygens (including phenoxy) is 1. The quantitative estimate of drug-likeness (QED) is 0.789. The monoisotopic (exact) mass is 234 g/mol. The number of aromatic amines is 2. The molecule has 0 bridgehead atoms.